The van der Waals surface area contributed by atoms with Crippen LogP contribution in [0.25, 0.3) is 0 Å². The van der Waals surface area contributed by atoms with E-state index >= 15 is 0 Å². The van der Waals surface area contributed by atoms with Crippen LogP contribution in [0.1, 0.15) is 60.5 Å². The summed E-state index contributed by atoms with van der Waals surface area (Å²) in [6.07, 6.45) is -1.82. The minimum Gasteiger partial charge on any atom is -0.385 e. The molecule has 2 aromatic rings. The van der Waals surface area contributed by atoms with Crippen molar-refractivity contribution in [3.63, 3.8) is 0 Å². The van der Waals surface area contributed by atoms with Gasteiger partial charge in [-0.05, 0) is 74.4 Å². The van der Waals surface area contributed by atoms with Gasteiger partial charge >= 0.3 is 6.18 Å². The highest BCUT2D eigenvalue weighted by atomic mass is 79.9. The third-order valence-corrected chi connectivity index (χ3v) is 7.01. The number of alkyl halides is 3. The van der Waals surface area contributed by atoms with Crippen molar-refractivity contribution in [3.8, 4) is 0 Å². The van der Waals surface area contributed by atoms with E-state index in [1.807, 2.05) is 24.3 Å². The normalized spacial score (nSPS) is 20.9. The standard InChI is InChI=1S/C26H29BrF3N3O3/c1-16(33-23(34)15-32-24(35)18-3-2-4-20(14-18)26(28,29)30)13-22(31)17-9-11-25(36,12-10-17)19-5-7-21(27)8-6-19/h2-8,14,16-17,31,36H,9-13,15H2,1H3,(H,32,35)(H,33,34)/t16-,17?,25?/m1/s1. The zero-order valence-corrected chi connectivity index (χ0v) is 21.4. The van der Waals surface area contributed by atoms with Crippen LogP contribution in [-0.2, 0) is 16.6 Å². The second-order valence-electron chi connectivity index (χ2n) is 9.27. The molecule has 0 bridgehead atoms. The van der Waals surface area contributed by atoms with E-state index in [9.17, 15) is 27.9 Å². The van der Waals surface area contributed by atoms with Gasteiger partial charge < -0.3 is 21.1 Å². The fourth-order valence-electron chi connectivity index (χ4n) is 4.47. The van der Waals surface area contributed by atoms with E-state index in [0.717, 1.165) is 28.2 Å². The number of halogens is 4. The summed E-state index contributed by atoms with van der Waals surface area (Å²) in [6.45, 7) is 1.36. The van der Waals surface area contributed by atoms with E-state index in [1.54, 1.807) is 6.92 Å². The third-order valence-electron chi connectivity index (χ3n) is 6.48. The van der Waals surface area contributed by atoms with Gasteiger partial charge in [0, 0.05) is 28.2 Å². The number of carbonyl (C=O) groups is 2. The molecule has 2 aromatic carbocycles. The molecule has 1 saturated carbocycles. The second-order valence-corrected chi connectivity index (χ2v) is 10.2. The van der Waals surface area contributed by atoms with E-state index in [4.69, 9.17) is 5.41 Å². The lowest BCUT2D eigenvalue weighted by molar-refractivity contribution is -0.137. The maximum atomic E-state index is 12.8. The maximum Gasteiger partial charge on any atom is 0.416 e. The molecule has 2 amide bonds. The van der Waals surface area contributed by atoms with Crippen LogP contribution in [0, 0.1) is 11.3 Å². The van der Waals surface area contributed by atoms with Crippen molar-refractivity contribution in [1.29, 1.82) is 5.41 Å². The summed E-state index contributed by atoms with van der Waals surface area (Å²) in [7, 11) is 0. The first-order valence-corrected chi connectivity index (χ1v) is 12.5. The monoisotopic (exact) mass is 567 g/mol. The molecular weight excluding hydrogens is 539 g/mol. The van der Waals surface area contributed by atoms with Gasteiger partial charge in [0.15, 0.2) is 0 Å². The Morgan fingerprint density at radius 3 is 2.42 bits per heavy atom. The highest BCUT2D eigenvalue weighted by molar-refractivity contribution is 9.10. The number of nitrogens with one attached hydrogen (secondary N) is 3. The van der Waals surface area contributed by atoms with Crippen molar-refractivity contribution in [2.75, 3.05) is 6.54 Å². The van der Waals surface area contributed by atoms with Crippen molar-refractivity contribution in [2.45, 2.75) is 56.8 Å². The topological polar surface area (TPSA) is 102 Å². The van der Waals surface area contributed by atoms with Crippen LogP contribution in [0.4, 0.5) is 13.2 Å². The first kappa shape index (κ1) is 27.9. The molecule has 3 rings (SSSR count). The molecule has 36 heavy (non-hydrogen) atoms. The van der Waals surface area contributed by atoms with Crippen LogP contribution < -0.4 is 10.6 Å². The fraction of sp³-hybridized carbons (Fsp3) is 0.423. The Labute approximate surface area is 216 Å². The van der Waals surface area contributed by atoms with Crippen molar-refractivity contribution in [1.82, 2.24) is 10.6 Å². The zero-order valence-electron chi connectivity index (χ0n) is 19.8. The number of rotatable bonds is 8. The molecule has 1 fully saturated rings. The van der Waals surface area contributed by atoms with Crippen LogP contribution >= 0.6 is 15.9 Å². The lowest BCUT2D eigenvalue weighted by atomic mass is 9.73. The van der Waals surface area contributed by atoms with E-state index in [0.29, 0.717) is 37.8 Å². The Hall–Kier alpha value is -2.72. The molecule has 1 aliphatic carbocycles. The molecule has 0 radical (unpaired) electrons. The molecule has 0 heterocycles. The molecule has 0 aliphatic heterocycles. The second kappa shape index (κ2) is 11.6. The Balaban J connectivity index is 1.43. The summed E-state index contributed by atoms with van der Waals surface area (Å²) in [4.78, 5) is 24.4. The van der Waals surface area contributed by atoms with Crippen molar-refractivity contribution >= 4 is 33.5 Å². The van der Waals surface area contributed by atoms with Gasteiger partial charge in [-0.15, -0.1) is 0 Å². The average Bonchev–Trinajstić information content (AvgIpc) is 2.82. The molecule has 1 atom stereocenters. The van der Waals surface area contributed by atoms with Crippen molar-refractivity contribution in [2.24, 2.45) is 5.92 Å². The third kappa shape index (κ3) is 7.39. The lowest BCUT2D eigenvalue weighted by Crippen LogP contribution is -2.42. The van der Waals surface area contributed by atoms with Crippen molar-refractivity contribution < 1.29 is 27.9 Å². The van der Waals surface area contributed by atoms with E-state index in [2.05, 4.69) is 26.6 Å². The molecule has 0 spiro atoms. The Kier molecular flexibility index (Phi) is 8.94. The number of benzene rings is 2. The van der Waals surface area contributed by atoms with Gasteiger partial charge in [0.25, 0.3) is 5.91 Å². The Morgan fingerprint density at radius 1 is 1.17 bits per heavy atom. The van der Waals surface area contributed by atoms with Crippen LogP contribution in [0.2, 0.25) is 0 Å². The van der Waals surface area contributed by atoms with Gasteiger partial charge in [-0.25, -0.2) is 0 Å². The van der Waals surface area contributed by atoms with Crippen LogP contribution in [0.15, 0.2) is 53.0 Å². The smallest absolute Gasteiger partial charge is 0.385 e. The van der Waals surface area contributed by atoms with E-state index in [-0.39, 0.29) is 17.5 Å². The molecular formula is C26H29BrF3N3O3. The van der Waals surface area contributed by atoms with Gasteiger partial charge in [0.1, 0.15) is 0 Å². The number of aliphatic hydroxyl groups is 1. The van der Waals surface area contributed by atoms with Gasteiger partial charge in [-0.3, -0.25) is 9.59 Å². The summed E-state index contributed by atoms with van der Waals surface area (Å²) in [5, 5.41) is 24.6. The van der Waals surface area contributed by atoms with E-state index in [1.165, 1.54) is 6.07 Å². The number of amides is 2. The van der Waals surface area contributed by atoms with Gasteiger partial charge in [0.2, 0.25) is 5.91 Å². The Morgan fingerprint density at radius 2 is 1.81 bits per heavy atom. The van der Waals surface area contributed by atoms with Crippen LogP contribution in [0.3, 0.4) is 0 Å². The summed E-state index contributed by atoms with van der Waals surface area (Å²) in [5.41, 5.74) is -0.676. The molecule has 0 saturated heterocycles. The lowest BCUT2D eigenvalue weighted by Gasteiger charge is -2.37. The predicted octanol–water partition coefficient (Wildman–Crippen LogP) is 5.19. The van der Waals surface area contributed by atoms with Crippen LogP contribution in [0.5, 0.6) is 0 Å². The average molecular weight is 568 g/mol. The maximum absolute atomic E-state index is 12.8. The molecule has 6 nitrogen and oxygen atoms in total. The fourth-order valence-corrected chi connectivity index (χ4v) is 4.73. The summed E-state index contributed by atoms with van der Waals surface area (Å²) < 4.78 is 39.4. The molecule has 4 N–H and O–H groups in total. The minimum atomic E-state index is -4.57. The number of hydrogen-bond acceptors (Lipinski definition) is 4. The molecule has 0 unspecified atom stereocenters. The summed E-state index contributed by atoms with van der Waals surface area (Å²) in [5.74, 6) is -1.26. The largest absolute Gasteiger partial charge is 0.416 e. The Bertz CT molecular complexity index is 1100. The van der Waals surface area contributed by atoms with Gasteiger partial charge in [-0.1, -0.05) is 34.1 Å². The first-order chi connectivity index (χ1) is 16.9. The summed E-state index contributed by atoms with van der Waals surface area (Å²) in [6, 6.07) is 11.2. The van der Waals surface area contributed by atoms with E-state index < -0.39 is 35.7 Å². The number of hydrogen-bond donors (Lipinski definition) is 4. The molecule has 0 aromatic heterocycles. The highest BCUT2D eigenvalue weighted by Gasteiger charge is 2.36. The highest BCUT2D eigenvalue weighted by Crippen LogP contribution is 2.40. The molecule has 194 valence electrons. The number of carbonyl (C=O) groups excluding carboxylic acids is 2. The van der Waals surface area contributed by atoms with Gasteiger partial charge in [-0.2, -0.15) is 13.2 Å². The van der Waals surface area contributed by atoms with Crippen LogP contribution in [-0.4, -0.2) is 35.2 Å². The predicted molar refractivity (Wildman–Crippen MR) is 134 cm³/mol. The molecule has 10 heteroatoms. The summed E-state index contributed by atoms with van der Waals surface area (Å²) >= 11 is 3.39. The molecule has 1 aliphatic rings. The quantitative estimate of drug-likeness (QED) is 0.330. The zero-order chi connectivity index (χ0) is 26.5. The minimum absolute atomic E-state index is 0.0145. The van der Waals surface area contributed by atoms with Crippen molar-refractivity contribution in [3.05, 3.63) is 69.7 Å². The SMILES string of the molecule is C[C@H](CC(=N)C1CCC(O)(c2ccc(Br)cc2)CC1)NC(=O)CNC(=O)c1cccc(C(F)(F)F)c1. The van der Waals surface area contributed by atoms with Gasteiger partial charge in [0.05, 0.1) is 17.7 Å². The first-order valence-electron chi connectivity index (χ1n) is 11.7.